The largest absolute Gasteiger partial charge is 0.291 e. The summed E-state index contributed by atoms with van der Waals surface area (Å²) in [5, 5.41) is 5.16. The molecule has 6 heteroatoms. The van der Waals surface area contributed by atoms with Crippen LogP contribution in [0, 0.1) is 0 Å². The zero-order valence-corrected chi connectivity index (χ0v) is 14.5. The third kappa shape index (κ3) is 2.73. The number of anilines is 1. The number of aromatic nitrogens is 2. The summed E-state index contributed by atoms with van der Waals surface area (Å²) in [6.07, 6.45) is 1.68. The molecule has 4 rings (SSSR count). The van der Waals surface area contributed by atoms with E-state index < -0.39 is 0 Å². The van der Waals surface area contributed by atoms with Crippen LogP contribution >= 0.6 is 15.9 Å². The molecule has 2 aromatic carbocycles. The van der Waals surface area contributed by atoms with Crippen molar-refractivity contribution in [1.29, 1.82) is 0 Å². The molecular formula is C18H15BrN4O. The summed E-state index contributed by atoms with van der Waals surface area (Å²) < 4.78 is 2.75. The minimum atomic E-state index is 0.00615. The summed E-state index contributed by atoms with van der Waals surface area (Å²) in [7, 11) is 0. The fourth-order valence-corrected chi connectivity index (χ4v) is 3.14. The lowest BCUT2D eigenvalue weighted by Crippen LogP contribution is -2.32. The SMILES string of the molecule is O=c1c2ccccc2nc2n1CCC/C2=N/Nc1ccc(Br)cc1. The Hall–Kier alpha value is -2.47. The number of rotatable bonds is 2. The molecule has 0 fully saturated rings. The molecule has 1 N–H and O–H groups in total. The Bertz CT molecular complexity index is 992. The van der Waals surface area contributed by atoms with E-state index in [9.17, 15) is 4.79 Å². The van der Waals surface area contributed by atoms with Crippen LogP contribution in [0.3, 0.4) is 0 Å². The Morgan fingerprint density at radius 2 is 1.92 bits per heavy atom. The molecule has 0 atom stereocenters. The van der Waals surface area contributed by atoms with Gasteiger partial charge in [-0.25, -0.2) is 4.98 Å². The predicted molar refractivity (Wildman–Crippen MR) is 99.5 cm³/mol. The predicted octanol–water partition coefficient (Wildman–Crippen LogP) is 3.77. The van der Waals surface area contributed by atoms with Gasteiger partial charge in [0.25, 0.3) is 5.56 Å². The van der Waals surface area contributed by atoms with Gasteiger partial charge in [0, 0.05) is 11.0 Å². The molecule has 0 amide bonds. The lowest BCUT2D eigenvalue weighted by atomic mass is 10.1. The van der Waals surface area contributed by atoms with E-state index in [2.05, 4.69) is 31.4 Å². The van der Waals surface area contributed by atoms with Crippen LogP contribution in [0.1, 0.15) is 18.7 Å². The first-order valence-electron chi connectivity index (χ1n) is 7.80. The van der Waals surface area contributed by atoms with E-state index >= 15 is 0 Å². The molecule has 0 bridgehead atoms. The van der Waals surface area contributed by atoms with Gasteiger partial charge in [0.2, 0.25) is 0 Å². The standard InChI is InChI=1S/C18H15BrN4O/c19-12-7-9-13(10-8-12)21-22-16-6-3-11-23-17(16)20-15-5-2-1-4-14(15)18(23)24/h1-2,4-5,7-10,21H,3,6,11H2/b22-16-. The van der Waals surface area contributed by atoms with E-state index in [1.807, 2.05) is 48.5 Å². The molecule has 0 unspecified atom stereocenters. The molecule has 120 valence electrons. The van der Waals surface area contributed by atoms with Gasteiger partial charge in [-0.15, -0.1) is 0 Å². The lowest BCUT2D eigenvalue weighted by Gasteiger charge is -2.19. The summed E-state index contributed by atoms with van der Waals surface area (Å²) >= 11 is 3.41. The highest BCUT2D eigenvalue weighted by Gasteiger charge is 2.20. The van der Waals surface area contributed by atoms with Crippen molar-refractivity contribution < 1.29 is 0 Å². The highest BCUT2D eigenvalue weighted by atomic mass is 79.9. The maximum atomic E-state index is 12.7. The summed E-state index contributed by atoms with van der Waals surface area (Å²) in [4.78, 5) is 17.3. The number of nitrogens with one attached hydrogen (secondary N) is 1. The number of benzene rings is 2. The second kappa shape index (κ2) is 6.20. The quantitative estimate of drug-likeness (QED) is 0.686. The number of nitrogens with zero attached hydrogens (tertiary/aromatic N) is 3. The van der Waals surface area contributed by atoms with Crippen molar-refractivity contribution in [2.75, 3.05) is 5.43 Å². The normalized spacial score (nSPS) is 15.5. The van der Waals surface area contributed by atoms with Gasteiger partial charge in [-0.05, 0) is 49.2 Å². The van der Waals surface area contributed by atoms with Gasteiger partial charge in [0.05, 0.1) is 16.6 Å². The molecule has 24 heavy (non-hydrogen) atoms. The summed E-state index contributed by atoms with van der Waals surface area (Å²) in [6.45, 7) is 0.684. The van der Waals surface area contributed by atoms with Crippen LogP contribution in [0.2, 0.25) is 0 Å². The lowest BCUT2D eigenvalue weighted by molar-refractivity contribution is 0.597. The van der Waals surface area contributed by atoms with Gasteiger partial charge in [-0.3, -0.25) is 14.8 Å². The van der Waals surface area contributed by atoms with Gasteiger partial charge in [0.1, 0.15) is 5.71 Å². The van der Waals surface area contributed by atoms with Crippen molar-refractivity contribution in [3.05, 3.63) is 69.2 Å². The van der Waals surface area contributed by atoms with Gasteiger partial charge < -0.3 is 0 Å². The van der Waals surface area contributed by atoms with Crippen molar-refractivity contribution in [2.24, 2.45) is 5.10 Å². The summed E-state index contributed by atoms with van der Waals surface area (Å²) in [5.74, 6) is 0.662. The molecule has 3 aromatic rings. The Kier molecular flexibility index (Phi) is 3.90. The molecule has 0 aliphatic carbocycles. The van der Waals surface area contributed by atoms with Crippen LogP contribution in [0.4, 0.5) is 5.69 Å². The van der Waals surface area contributed by atoms with Crippen molar-refractivity contribution in [3.8, 4) is 0 Å². The third-order valence-electron chi connectivity index (χ3n) is 4.08. The molecule has 0 spiro atoms. The van der Waals surface area contributed by atoms with E-state index in [0.717, 1.165) is 28.7 Å². The molecule has 0 saturated carbocycles. The Balaban J connectivity index is 1.76. The van der Waals surface area contributed by atoms with Gasteiger partial charge in [-0.2, -0.15) is 5.10 Å². The van der Waals surface area contributed by atoms with Crippen molar-refractivity contribution >= 4 is 38.2 Å². The first-order valence-corrected chi connectivity index (χ1v) is 8.60. The number of fused-ring (bicyclic) bond motifs is 2. The van der Waals surface area contributed by atoms with Crippen LogP contribution in [0.15, 0.2) is 62.9 Å². The van der Waals surface area contributed by atoms with Gasteiger partial charge in [-0.1, -0.05) is 28.1 Å². The van der Waals surface area contributed by atoms with Crippen LogP contribution in [0.5, 0.6) is 0 Å². The first-order chi connectivity index (χ1) is 11.7. The Morgan fingerprint density at radius 3 is 2.75 bits per heavy atom. The Morgan fingerprint density at radius 1 is 1.12 bits per heavy atom. The number of hydrogen-bond acceptors (Lipinski definition) is 4. The topological polar surface area (TPSA) is 59.3 Å². The highest BCUT2D eigenvalue weighted by molar-refractivity contribution is 9.10. The third-order valence-corrected chi connectivity index (χ3v) is 4.61. The van der Waals surface area contributed by atoms with Gasteiger partial charge >= 0.3 is 0 Å². The number of hydrogen-bond donors (Lipinski definition) is 1. The molecule has 0 radical (unpaired) electrons. The van der Waals surface area contributed by atoms with E-state index in [-0.39, 0.29) is 5.56 Å². The molecule has 5 nitrogen and oxygen atoms in total. The van der Waals surface area contributed by atoms with E-state index in [4.69, 9.17) is 0 Å². The van der Waals surface area contributed by atoms with E-state index in [1.165, 1.54) is 0 Å². The van der Waals surface area contributed by atoms with Crippen LogP contribution < -0.4 is 11.0 Å². The monoisotopic (exact) mass is 382 g/mol. The molecule has 2 heterocycles. The molecular weight excluding hydrogens is 368 g/mol. The minimum Gasteiger partial charge on any atom is -0.291 e. The number of hydrazone groups is 1. The highest BCUT2D eigenvalue weighted by Crippen LogP contribution is 2.17. The zero-order valence-electron chi connectivity index (χ0n) is 12.9. The Labute approximate surface area is 147 Å². The molecule has 0 saturated heterocycles. The van der Waals surface area contributed by atoms with E-state index in [0.29, 0.717) is 23.3 Å². The van der Waals surface area contributed by atoms with E-state index in [1.54, 1.807) is 4.57 Å². The average molecular weight is 383 g/mol. The molecule has 1 aliphatic rings. The smallest absolute Gasteiger partial charge is 0.261 e. The minimum absolute atomic E-state index is 0.00615. The first kappa shape index (κ1) is 15.1. The van der Waals surface area contributed by atoms with Crippen molar-refractivity contribution in [2.45, 2.75) is 19.4 Å². The van der Waals surface area contributed by atoms with Crippen LogP contribution in [-0.4, -0.2) is 15.3 Å². The van der Waals surface area contributed by atoms with Gasteiger partial charge in [0.15, 0.2) is 5.82 Å². The summed E-state index contributed by atoms with van der Waals surface area (Å²) in [5.41, 5.74) is 5.49. The molecule has 1 aliphatic heterocycles. The maximum Gasteiger partial charge on any atom is 0.261 e. The maximum absolute atomic E-state index is 12.7. The molecule has 1 aromatic heterocycles. The zero-order chi connectivity index (χ0) is 16.5. The average Bonchev–Trinajstić information content (AvgIpc) is 2.62. The van der Waals surface area contributed by atoms with Crippen LogP contribution in [-0.2, 0) is 6.54 Å². The second-order valence-corrected chi connectivity index (χ2v) is 6.61. The summed E-state index contributed by atoms with van der Waals surface area (Å²) in [6, 6.07) is 15.2. The second-order valence-electron chi connectivity index (χ2n) is 5.69. The number of halogens is 1. The fraction of sp³-hybridized carbons (Fsp3) is 0.167. The van der Waals surface area contributed by atoms with Crippen molar-refractivity contribution in [1.82, 2.24) is 9.55 Å². The number of para-hydroxylation sites is 1. The fourth-order valence-electron chi connectivity index (χ4n) is 2.87. The van der Waals surface area contributed by atoms with Crippen molar-refractivity contribution in [3.63, 3.8) is 0 Å². The van der Waals surface area contributed by atoms with Crippen LogP contribution in [0.25, 0.3) is 10.9 Å².